The van der Waals surface area contributed by atoms with Gasteiger partial charge in [-0.3, -0.25) is 9.69 Å². The summed E-state index contributed by atoms with van der Waals surface area (Å²) in [5, 5.41) is 0. The first kappa shape index (κ1) is 12.4. The number of nitrogens with two attached hydrogens (primary N) is 1. The summed E-state index contributed by atoms with van der Waals surface area (Å²) < 4.78 is 4.60. The fraction of sp³-hybridized carbons (Fsp3) is 0.889. The van der Waals surface area contributed by atoms with Crippen LogP contribution in [-0.4, -0.2) is 43.2 Å². The zero-order valence-corrected chi connectivity index (χ0v) is 8.91. The van der Waals surface area contributed by atoms with Crippen molar-refractivity contribution in [2.75, 3.05) is 20.2 Å². The van der Waals surface area contributed by atoms with Gasteiger partial charge in [-0.25, -0.2) is 0 Å². The van der Waals surface area contributed by atoms with Crippen LogP contribution < -0.4 is 5.73 Å². The summed E-state index contributed by atoms with van der Waals surface area (Å²) in [5.41, 5.74) is 5.53. The molecule has 1 unspecified atom stereocenters. The van der Waals surface area contributed by atoms with Crippen LogP contribution in [0.4, 0.5) is 0 Å². The topological polar surface area (TPSA) is 55.6 Å². The van der Waals surface area contributed by atoms with Gasteiger partial charge < -0.3 is 10.5 Å². The van der Waals surface area contributed by atoms with Crippen molar-refractivity contribution in [2.24, 2.45) is 5.73 Å². The van der Waals surface area contributed by atoms with Crippen molar-refractivity contribution in [3.05, 3.63) is 0 Å². The van der Waals surface area contributed by atoms with Gasteiger partial charge in [0, 0.05) is 18.6 Å². The van der Waals surface area contributed by atoms with Crippen LogP contribution in [0.2, 0.25) is 0 Å². The van der Waals surface area contributed by atoms with Crippen LogP contribution in [0.15, 0.2) is 0 Å². The molecule has 78 valence electrons. The number of carbonyl (C=O) groups excluding carboxylic acids is 1. The molecule has 0 aliphatic heterocycles. The van der Waals surface area contributed by atoms with Crippen molar-refractivity contribution in [2.45, 2.75) is 32.9 Å². The van der Waals surface area contributed by atoms with E-state index in [4.69, 9.17) is 5.73 Å². The minimum Gasteiger partial charge on any atom is -0.468 e. The van der Waals surface area contributed by atoms with Gasteiger partial charge in [-0.05, 0) is 20.8 Å². The maximum Gasteiger partial charge on any atom is 0.319 e. The fourth-order valence-electron chi connectivity index (χ4n) is 1.20. The van der Waals surface area contributed by atoms with Gasteiger partial charge in [0.1, 0.15) is 0 Å². The number of carbonyl (C=O) groups is 1. The summed E-state index contributed by atoms with van der Waals surface area (Å²) >= 11 is 0. The van der Waals surface area contributed by atoms with Crippen LogP contribution in [0.25, 0.3) is 0 Å². The van der Waals surface area contributed by atoms with Crippen LogP contribution in [0.3, 0.4) is 0 Å². The van der Waals surface area contributed by atoms with Crippen LogP contribution in [0.1, 0.15) is 20.8 Å². The highest BCUT2D eigenvalue weighted by Gasteiger charge is 2.18. The maximum absolute atomic E-state index is 11.0. The Kier molecular flexibility index (Phi) is 5.66. The summed E-state index contributed by atoms with van der Waals surface area (Å²) in [5.74, 6) is -0.214. The van der Waals surface area contributed by atoms with Crippen molar-refractivity contribution in [1.82, 2.24) is 4.90 Å². The predicted octanol–water partition coefficient (Wildman–Crippen LogP) is 0.217. The van der Waals surface area contributed by atoms with Crippen molar-refractivity contribution >= 4 is 5.97 Å². The number of nitrogens with zero attached hydrogens (tertiary/aromatic N) is 1. The summed E-state index contributed by atoms with van der Waals surface area (Å²) in [6, 6.07) is 0.511. The summed E-state index contributed by atoms with van der Waals surface area (Å²) in [6.45, 7) is 6.94. The SMILES string of the molecule is COC(=O)CN(C(C)C)C(C)CN. The van der Waals surface area contributed by atoms with E-state index in [-0.39, 0.29) is 12.0 Å². The standard InChI is InChI=1S/C9H20N2O2/c1-7(2)11(8(3)5-10)6-9(12)13-4/h7-8H,5-6,10H2,1-4H3. The number of hydrogen-bond acceptors (Lipinski definition) is 4. The summed E-state index contributed by atoms with van der Waals surface area (Å²) in [6.07, 6.45) is 0. The second-order valence-electron chi connectivity index (χ2n) is 3.43. The highest BCUT2D eigenvalue weighted by molar-refractivity contribution is 5.71. The molecule has 0 aromatic carbocycles. The molecular weight excluding hydrogens is 168 g/mol. The van der Waals surface area contributed by atoms with Gasteiger partial charge in [0.15, 0.2) is 0 Å². The van der Waals surface area contributed by atoms with Gasteiger partial charge in [-0.1, -0.05) is 0 Å². The molecule has 4 nitrogen and oxygen atoms in total. The van der Waals surface area contributed by atoms with Crippen LogP contribution in [0, 0.1) is 0 Å². The van der Waals surface area contributed by atoms with E-state index in [2.05, 4.69) is 4.74 Å². The molecule has 2 N–H and O–H groups in total. The third kappa shape index (κ3) is 4.24. The number of esters is 1. The number of hydrogen-bond donors (Lipinski definition) is 1. The van der Waals surface area contributed by atoms with Crippen molar-refractivity contribution in [1.29, 1.82) is 0 Å². The van der Waals surface area contributed by atoms with E-state index in [9.17, 15) is 4.79 Å². The normalized spacial score (nSPS) is 13.5. The second kappa shape index (κ2) is 5.94. The lowest BCUT2D eigenvalue weighted by Gasteiger charge is -2.30. The average molecular weight is 188 g/mol. The van der Waals surface area contributed by atoms with Crippen LogP contribution in [-0.2, 0) is 9.53 Å². The van der Waals surface area contributed by atoms with E-state index >= 15 is 0 Å². The lowest BCUT2D eigenvalue weighted by atomic mass is 10.2. The number of rotatable bonds is 5. The predicted molar refractivity (Wildman–Crippen MR) is 52.4 cm³/mol. The lowest BCUT2D eigenvalue weighted by molar-refractivity contribution is -0.143. The van der Waals surface area contributed by atoms with Crippen molar-refractivity contribution < 1.29 is 9.53 Å². The second-order valence-corrected chi connectivity index (χ2v) is 3.43. The minimum atomic E-state index is -0.214. The molecule has 1 atom stereocenters. The van der Waals surface area contributed by atoms with E-state index in [0.717, 1.165) is 0 Å². The highest BCUT2D eigenvalue weighted by atomic mass is 16.5. The Morgan fingerprint density at radius 3 is 2.31 bits per heavy atom. The van der Waals surface area contributed by atoms with Gasteiger partial charge in [0.2, 0.25) is 0 Å². The largest absolute Gasteiger partial charge is 0.468 e. The molecule has 0 radical (unpaired) electrons. The van der Waals surface area contributed by atoms with Crippen molar-refractivity contribution in [3.63, 3.8) is 0 Å². The summed E-state index contributed by atoms with van der Waals surface area (Å²) in [7, 11) is 1.40. The molecular formula is C9H20N2O2. The molecule has 13 heavy (non-hydrogen) atoms. The third-order valence-electron chi connectivity index (χ3n) is 2.11. The average Bonchev–Trinajstić information content (AvgIpc) is 2.11. The Hall–Kier alpha value is -0.610. The van der Waals surface area contributed by atoms with E-state index in [1.54, 1.807) is 0 Å². The molecule has 0 aliphatic rings. The van der Waals surface area contributed by atoms with Gasteiger partial charge in [0.25, 0.3) is 0 Å². The first-order valence-electron chi connectivity index (χ1n) is 4.55. The van der Waals surface area contributed by atoms with E-state index < -0.39 is 0 Å². The van der Waals surface area contributed by atoms with E-state index in [1.165, 1.54) is 7.11 Å². The molecule has 0 bridgehead atoms. The molecule has 0 aromatic heterocycles. The zero-order valence-electron chi connectivity index (χ0n) is 8.91. The molecule has 4 heteroatoms. The zero-order chi connectivity index (χ0) is 10.4. The molecule has 0 aliphatic carbocycles. The maximum atomic E-state index is 11.0. The Labute approximate surface area is 80.0 Å². The van der Waals surface area contributed by atoms with Gasteiger partial charge in [-0.2, -0.15) is 0 Å². The Bertz CT molecular complexity index is 160. The van der Waals surface area contributed by atoms with Crippen LogP contribution >= 0.6 is 0 Å². The monoisotopic (exact) mass is 188 g/mol. The highest BCUT2D eigenvalue weighted by Crippen LogP contribution is 2.03. The van der Waals surface area contributed by atoms with Crippen LogP contribution in [0.5, 0.6) is 0 Å². The fourth-order valence-corrected chi connectivity index (χ4v) is 1.20. The first-order chi connectivity index (χ1) is 6.02. The van der Waals surface area contributed by atoms with Crippen molar-refractivity contribution in [3.8, 4) is 0 Å². The molecule has 0 fully saturated rings. The number of ether oxygens (including phenoxy) is 1. The summed E-state index contributed by atoms with van der Waals surface area (Å²) in [4.78, 5) is 13.1. The lowest BCUT2D eigenvalue weighted by Crippen LogP contribution is -2.45. The van der Waals surface area contributed by atoms with E-state index in [1.807, 2.05) is 25.7 Å². The third-order valence-corrected chi connectivity index (χ3v) is 2.11. The Balaban J connectivity index is 4.17. The quantitative estimate of drug-likeness (QED) is 0.627. The molecule has 0 saturated heterocycles. The Morgan fingerprint density at radius 1 is 1.46 bits per heavy atom. The molecule has 0 heterocycles. The van der Waals surface area contributed by atoms with E-state index in [0.29, 0.717) is 19.1 Å². The molecule has 0 saturated carbocycles. The van der Waals surface area contributed by atoms with Gasteiger partial charge in [0.05, 0.1) is 13.7 Å². The number of methoxy groups -OCH3 is 1. The molecule has 0 aromatic rings. The van der Waals surface area contributed by atoms with Gasteiger partial charge >= 0.3 is 5.97 Å². The van der Waals surface area contributed by atoms with Gasteiger partial charge in [-0.15, -0.1) is 0 Å². The first-order valence-corrected chi connectivity index (χ1v) is 4.55. The Morgan fingerprint density at radius 2 is 2.00 bits per heavy atom. The molecule has 0 spiro atoms. The smallest absolute Gasteiger partial charge is 0.319 e. The molecule has 0 rings (SSSR count). The molecule has 0 amide bonds. The minimum absolute atomic E-state index is 0.207.